The van der Waals surface area contributed by atoms with Crippen LogP contribution in [0, 0.1) is 0 Å². The molecule has 2 aromatic carbocycles. The van der Waals surface area contributed by atoms with E-state index >= 15 is 0 Å². The Bertz CT molecular complexity index is 516. The molecule has 2 rings (SSSR count). The molecule has 0 saturated heterocycles. The van der Waals surface area contributed by atoms with E-state index in [1.54, 1.807) is 17.8 Å². The van der Waals surface area contributed by atoms with Crippen LogP contribution in [0.4, 0.5) is 0 Å². The average molecular weight is 298 g/mol. The van der Waals surface area contributed by atoms with E-state index in [-0.39, 0.29) is 6.04 Å². The van der Waals surface area contributed by atoms with E-state index < -0.39 is 0 Å². The molecule has 2 N–H and O–H groups in total. The highest BCUT2D eigenvalue weighted by Gasteiger charge is 2.07. The molecule has 0 fully saturated rings. The van der Waals surface area contributed by atoms with E-state index in [4.69, 9.17) is 28.9 Å². The minimum Gasteiger partial charge on any atom is -0.323 e. The molecule has 2 aromatic rings. The molecule has 0 bridgehead atoms. The van der Waals surface area contributed by atoms with E-state index in [2.05, 4.69) is 0 Å². The van der Waals surface area contributed by atoms with Gasteiger partial charge in [-0.3, -0.25) is 0 Å². The third kappa shape index (κ3) is 3.66. The first-order chi connectivity index (χ1) is 8.66. The van der Waals surface area contributed by atoms with E-state index in [1.807, 2.05) is 42.5 Å². The van der Waals surface area contributed by atoms with Crippen molar-refractivity contribution in [3.8, 4) is 0 Å². The third-order valence-electron chi connectivity index (χ3n) is 2.55. The fourth-order valence-corrected chi connectivity index (χ4v) is 2.84. The van der Waals surface area contributed by atoms with Crippen LogP contribution in [0.2, 0.25) is 10.0 Å². The molecule has 0 aromatic heterocycles. The topological polar surface area (TPSA) is 26.0 Å². The number of benzene rings is 2. The maximum absolute atomic E-state index is 6.13. The lowest BCUT2D eigenvalue weighted by Gasteiger charge is -2.11. The molecule has 1 nitrogen and oxygen atoms in total. The first-order valence-corrected chi connectivity index (χ1v) is 7.29. The standard InChI is InChI=1S/C14H13Cl2NS/c15-12-7-6-11(8-13(12)16)18-9-14(17)10-4-2-1-3-5-10/h1-8,14H,9,17H2. The molecule has 1 atom stereocenters. The van der Waals surface area contributed by atoms with Gasteiger partial charge in [-0.1, -0.05) is 53.5 Å². The molecular weight excluding hydrogens is 285 g/mol. The highest BCUT2D eigenvalue weighted by Crippen LogP contribution is 2.29. The molecule has 4 heteroatoms. The third-order valence-corrected chi connectivity index (χ3v) is 4.40. The first kappa shape index (κ1) is 13.8. The molecule has 0 amide bonds. The van der Waals surface area contributed by atoms with Crippen LogP contribution < -0.4 is 5.73 Å². The number of hydrogen-bond acceptors (Lipinski definition) is 2. The first-order valence-electron chi connectivity index (χ1n) is 5.55. The predicted octanol–water partition coefficient (Wildman–Crippen LogP) is 4.79. The normalized spacial score (nSPS) is 12.4. The minimum atomic E-state index is 0.0191. The zero-order chi connectivity index (χ0) is 13.0. The largest absolute Gasteiger partial charge is 0.323 e. The number of hydrogen-bond donors (Lipinski definition) is 1. The summed E-state index contributed by atoms with van der Waals surface area (Å²) in [6.07, 6.45) is 0. The summed E-state index contributed by atoms with van der Waals surface area (Å²) in [4.78, 5) is 1.08. The Hall–Kier alpha value is -0.670. The quantitative estimate of drug-likeness (QED) is 0.822. The summed E-state index contributed by atoms with van der Waals surface area (Å²) in [5, 5.41) is 1.16. The van der Waals surface area contributed by atoms with Gasteiger partial charge in [-0.05, 0) is 23.8 Å². The molecule has 94 valence electrons. The molecule has 1 unspecified atom stereocenters. The van der Waals surface area contributed by atoms with Crippen molar-refractivity contribution in [3.05, 3.63) is 64.1 Å². The second-order valence-corrected chi connectivity index (χ2v) is 5.81. The molecule has 0 radical (unpaired) electrons. The zero-order valence-electron chi connectivity index (χ0n) is 9.64. The zero-order valence-corrected chi connectivity index (χ0v) is 12.0. The predicted molar refractivity (Wildman–Crippen MR) is 80.6 cm³/mol. The van der Waals surface area contributed by atoms with Crippen LogP contribution in [0.1, 0.15) is 11.6 Å². The van der Waals surface area contributed by atoms with Crippen molar-refractivity contribution in [1.82, 2.24) is 0 Å². The molecule has 0 spiro atoms. The Morgan fingerprint density at radius 1 is 1.00 bits per heavy atom. The van der Waals surface area contributed by atoms with Gasteiger partial charge in [-0.25, -0.2) is 0 Å². The lowest BCUT2D eigenvalue weighted by molar-refractivity contribution is 0.831. The van der Waals surface area contributed by atoms with Crippen molar-refractivity contribution < 1.29 is 0 Å². The van der Waals surface area contributed by atoms with E-state index in [0.717, 1.165) is 16.2 Å². The van der Waals surface area contributed by atoms with Crippen LogP contribution in [0.5, 0.6) is 0 Å². The van der Waals surface area contributed by atoms with Crippen molar-refractivity contribution in [3.63, 3.8) is 0 Å². The summed E-state index contributed by atoms with van der Waals surface area (Å²) in [5.74, 6) is 0.808. The fourth-order valence-electron chi connectivity index (χ4n) is 1.55. The smallest absolute Gasteiger partial charge is 0.0603 e. The van der Waals surface area contributed by atoms with Crippen LogP contribution in [0.25, 0.3) is 0 Å². The van der Waals surface area contributed by atoms with Gasteiger partial charge in [0.1, 0.15) is 0 Å². The maximum Gasteiger partial charge on any atom is 0.0603 e. The highest BCUT2D eigenvalue weighted by molar-refractivity contribution is 7.99. The molecule has 0 aliphatic carbocycles. The van der Waals surface area contributed by atoms with E-state index in [1.165, 1.54) is 0 Å². The maximum atomic E-state index is 6.13. The molecule has 0 aliphatic rings. The molecular formula is C14H13Cl2NS. The van der Waals surface area contributed by atoms with Crippen molar-refractivity contribution >= 4 is 35.0 Å². The molecule has 0 heterocycles. The summed E-state index contributed by atoms with van der Waals surface area (Å²) in [7, 11) is 0. The molecule has 18 heavy (non-hydrogen) atoms. The summed E-state index contributed by atoms with van der Waals surface area (Å²) >= 11 is 13.5. The molecule has 0 aliphatic heterocycles. The van der Waals surface area contributed by atoms with Gasteiger partial charge in [0, 0.05) is 16.7 Å². The van der Waals surface area contributed by atoms with Crippen LogP contribution in [-0.4, -0.2) is 5.75 Å². The second-order valence-electron chi connectivity index (χ2n) is 3.90. The van der Waals surface area contributed by atoms with E-state index in [0.29, 0.717) is 10.0 Å². The van der Waals surface area contributed by atoms with Crippen molar-refractivity contribution in [2.45, 2.75) is 10.9 Å². The van der Waals surface area contributed by atoms with Gasteiger partial charge in [0.05, 0.1) is 10.0 Å². The summed E-state index contributed by atoms with van der Waals surface area (Å²) in [6.45, 7) is 0. The monoisotopic (exact) mass is 297 g/mol. The Kier molecular flexibility index (Phi) is 4.95. The van der Waals surface area contributed by atoms with Gasteiger partial charge in [0.25, 0.3) is 0 Å². The number of halogens is 2. The summed E-state index contributed by atoms with van der Waals surface area (Å²) in [5.41, 5.74) is 7.27. The Labute approximate surface area is 121 Å². The van der Waals surface area contributed by atoms with Crippen LogP contribution in [-0.2, 0) is 0 Å². The SMILES string of the molecule is NC(CSc1ccc(Cl)c(Cl)c1)c1ccccc1. The van der Waals surface area contributed by atoms with Crippen LogP contribution >= 0.6 is 35.0 Å². The lowest BCUT2D eigenvalue weighted by atomic mass is 10.1. The summed E-state index contributed by atoms with van der Waals surface area (Å²) < 4.78 is 0. The summed E-state index contributed by atoms with van der Waals surface area (Å²) in [6, 6.07) is 15.7. The van der Waals surface area contributed by atoms with Crippen LogP contribution in [0.15, 0.2) is 53.4 Å². The highest BCUT2D eigenvalue weighted by atomic mass is 35.5. The van der Waals surface area contributed by atoms with Gasteiger partial charge in [0.15, 0.2) is 0 Å². The van der Waals surface area contributed by atoms with E-state index in [9.17, 15) is 0 Å². The van der Waals surface area contributed by atoms with Crippen LogP contribution in [0.3, 0.4) is 0 Å². The van der Waals surface area contributed by atoms with Crippen molar-refractivity contribution in [2.24, 2.45) is 5.73 Å². The Balaban J connectivity index is 1.97. The molecule has 0 saturated carbocycles. The number of rotatable bonds is 4. The van der Waals surface area contributed by atoms with Crippen molar-refractivity contribution in [1.29, 1.82) is 0 Å². The van der Waals surface area contributed by atoms with Gasteiger partial charge in [-0.2, -0.15) is 0 Å². The van der Waals surface area contributed by atoms with Gasteiger partial charge >= 0.3 is 0 Å². The van der Waals surface area contributed by atoms with Gasteiger partial charge < -0.3 is 5.73 Å². The van der Waals surface area contributed by atoms with Crippen molar-refractivity contribution in [2.75, 3.05) is 5.75 Å². The Morgan fingerprint density at radius 2 is 1.72 bits per heavy atom. The Morgan fingerprint density at radius 3 is 2.39 bits per heavy atom. The lowest BCUT2D eigenvalue weighted by Crippen LogP contribution is -2.12. The number of nitrogens with two attached hydrogens (primary N) is 1. The number of thioether (sulfide) groups is 1. The minimum absolute atomic E-state index is 0.0191. The fraction of sp³-hybridized carbons (Fsp3) is 0.143. The van der Waals surface area contributed by atoms with Gasteiger partial charge in [0.2, 0.25) is 0 Å². The average Bonchev–Trinajstić information content (AvgIpc) is 2.41. The second kappa shape index (κ2) is 6.48. The van der Waals surface area contributed by atoms with Gasteiger partial charge in [-0.15, -0.1) is 11.8 Å².